The van der Waals surface area contributed by atoms with Gasteiger partial charge in [0.25, 0.3) is 0 Å². The largest absolute Gasteiger partial charge is 0.504 e. The molecule has 3 aromatic rings. The number of aromatic nitrogens is 1. The molecule has 2 aromatic carbocycles. The van der Waals surface area contributed by atoms with E-state index in [2.05, 4.69) is 15.0 Å². The highest BCUT2D eigenvalue weighted by Gasteiger charge is 2.06. The smallest absolute Gasteiger partial charge is 0.178 e. The van der Waals surface area contributed by atoms with Crippen LogP contribution in [0.3, 0.4) is 0 Å². The molecule has 0 aliphatic rings. The van der Waals surface area contributed by atoms with Crippen LogP contribution in [-0.2, 0) is 0 Å². The number of halogens is 2. The van der Waals surface area contributed by atoms with E-state index in [-0.39, 0.29) is 16.9 Å². The van der Waals surface area contributed by atoms with Gasteiger partial charge in [-0.1, -0.05) is 12.1 Å². The van der Waals surface area contributed by atoms with Gasteiger partial charge in [-0.05, 0) is 36.4 Å². The van der Waals surface area contributed by atoms with E-state index in [0.29, 0.717) is 5.69 Å². The van der Waals surface area contributed by atoms with Crippen molar-refractivity contribution >= 4 is 23.9 Å². The lowest BCUT2D eigenvalue weighted by molar-refractivity contribution is 0.431. The summed E-state index contributed by atoms with van der Waals surface area (Å²) in [5.74, 6) is -2.31. The zero-order chi connectivity index (χ0) is 18.5. The van der Waals surface area contributed by atoms with E-state index >= 15 is 0 Å². The molecular formula is C19H13F2N3O2. The number of nitrogens with zero attached hydrogens (tertiary/aromatic N) is 3. The zero-order valence-electron chi connectivity index (χ0n) is 13.3. The molecule has 130 valence electrons. The van der Waals surface area contributed by atoms with Gasteiger partial charge in [-0.15, -0.1) is 0 Å². The highest BCUT2D eigenvalue weighted by Crippen LogP contribution is 2.27. The summed E-state index contributed by atoms with van der Waals surface area (Å²) in [6.45, 7) is 0. The van der Waals surface area contributed by atoms with Gasteiger partial charge in [0.2, 0.25) is 0 Å². The second kappa shape index (κ2) is 7.52. The average Bonchev–Trinajstić information content (AvgIpc) is 2.65. The number of aromatic hydroxyl groups is 2. The van der Waals surface area contributed by atoms with Gasteiger partial charge in [-0.25, -0.2) is 18.8 Å². The fraction of sp³-hybridized carbons (Fsp3) is 0. The molecule has 26 heavy (non-hydrogen) atoms. The summed E-state index contributed by atoms with van der Waals surface area (Å²) in [5, 5.41) is 19.4. The monoisotopic (exact) mass is 353 g/mol. The summed E-state index contributed by atoms with van der Waals surface area (Å²) < 4.78 is 26.7. The Kier molecular flexibility index (Phi) is 4.98. The van der Waals surface area contributed by atoms with E-state index in [1.54, 1.807) is 12.1 Å². The van der Waals surface area contributed by atoms with Gasteiger partial charge in [0, 0.05) is 29.8 Å². The summed E-state index contributed by atoms with van der Waals surface area (Å²) >= 11 is 0. The van der Waals surface area contributed by atoms with Crippen LogP contribution in [0, 0.1) is 11.6 Å². The minimum absolute atomic E-state index is 0.188. The van der Waals surface area contributed by atoms with Crippen LogP contribution in [0.15, 0.2) is 64.7 Å². The summed E-state index contributed by atoms with van der Waals surface area (Å²) in [6, 6.07) is 11.4. The third kappa shape index (κ3) is 3.72. The summed E-state index contributed by atoms with van der Waals surface area (Å²) in [6.07, 6.45) is 4.05. The first kappa shape index (κ1) is 17.2. The minimum Gasteiger partial charge on any atom is -0.504 e. The number of pyridine rings is 1. The number of phenolic OH excluding ortho intramolecular Hbond substituents is 2. The lowest BCUT2D eigenvalue weighted by atomic mass is 10.2. The molecule has 1 heterocycles. The van der Waals surface area contributed by atoms with Crippen molar-refractivity contribution in [1.82, 2.24) is 4.98 Å². The van der Waals surface area contributed by atoms with Crippen molar-refractivity contribution in [3.05, 3.63) is 77.5 Å². The standard InChI is InChI=1S/C19H13F2N3O2/c20-14-6-1-4-12(17(14)25)10-23-16-8-3-9-22-19(16)24-11-13-5-2-7-15(21)18(13)26/h1-11,25-26H/b23-10?,24-11+. The molecule has 0 aliphatic carbocycles. The van der Waals surface area contributed by atoms with Gasteiger partial charge in [-0.2, -0.15) is 0 Å². The van der Waals surface area contributed by atoms with Crippen molar-refractivity contribution in [3.63, 3.8) is 0 Å². The van der Waals surface area contributed by atoms with E-state index < -0.39 is 23.1 Å². The van der Waals surface area contributed by atoms with E-state index in [4.69, 9.17) is 0 Å². The molecule has 0 saturated carbocycles. The number of hydrogen-bond donors (Lipinski definition) is 2. The Bertz CT molecular complexity index is 923. The maximum Gasteiger partial charge on any atom is 0.178 e. The van der Waals surface area contributed by atoms with Gasteiger partial charge >= 0.3 is 0 Å². The second-order valence-corrected chi connectivity index (χ2v) is 5.22. The Balaban J connectivity index is 1.91. The Morgan fingerprint density at radius 3 is 1.96 bits per heavy atom. The highest BCUT2D eigenvalue weighted by atomic mass is 19.1. The van der Waals surface area contributed by atoms with Gasteiger partial charge in [0.05, 0.1) is 0 Å². The average molecular weight is 353 g/mol. The van der Waals surface area contributed by atoms with Crippen LogP contribution in [0.4, 0.5) is 20.3 Å². The Labute approximate surface area is 147 Å². The number of benzene rings is 2. The SMILES string of the molecule is Oc1c(F)cccc1C=Nc1cccnc1/N=C/c1cccc(F)c1O. The van der Waals surface area contributed by atoms with E-state index in [0.717, 1.165) is 12.1 Å². The molecule has 3 rings (SSSR count). The molecule has 5 nitrogen and oxygen atoms in total. The summed E-state index contributed by atoms with van der Waals surface area (Å²) in [5.41, 5.74) is 0.739. The number of aliphatic imine (C=N–C) groups is 2. The first-order valence-electron chi connectivity index (χ1n) is 7.54. The Morgan fingerprint density at radius 1 is 0.769 bits per heavy atom. The molecule has 0 aliphatic heterocycles. The van der Waals surface area contributed by atoms with Crippen molar-refractivity contribution in [2.45, 2.75) is 0 Å². The lowest BCUT2D eigenvalue weighted by Crippen LogP contribution is -1.87. The topological polar surface area (TPSA) is 78.1 Å². The molecular weight excluding hydrogens is 340 g/mol. The fourth-order valence-corrected chi connectivity index (χ4v) is 2.13. The third-order valence-electron chi connectivity index (χ3n) is 3.47. The number of phenols is 2. The van der Waals surface area contributed by atoms with E-state index in [1.165, 1.54) is 42.9 Å². The van der Waals surface area contributed by atoms with Crippen LogP contribution in [0.2, 0.25) is 0 Å². The van der Waals surface area contributed by atoms with Gasteiger partial charge in [0.1, 0.15) is 5.69 Å². The molecule has 0 bridgehead atoms. The van der Waals surface area contributed by atoms with Crippen LogP contribution in [-0.4, -0.2) is 27.6 Å². The summed E-state index contributed by atoms with van der Waals surface area (Å²) in [7, 11) is 0. The lowest BCUT2D eigenvalue weighted by Gasteiger charge is -2.02. The normalized spacial score (nSPS) is 11.5. The first-order chi connectivity index (χ1) is 12.6. The fourth-order valence-electron chi connectivity index (χ4n) is 2.13. The van der Waals surface area contributed by atoms with Gasteiger partial charge in [-0.3, -0.25) is 4.99 Å². The molecule has 0 amide bonds. The molecule has 0 fully saturated rings. The number of para-hydroxylation sites is 2. The predicted octanol–water partition coefficient (Wildman–Crippen LogP) is 4.27. The van der Waals surface area contributed by atoms with Crippen molar-refractivity contribution in [2.24, 2.45) is 9.98 Å². The number of hydrogen-bond acceptors (Lipinski definition) is 5. The number of rotatable bonds is 4. The second-order valence-electron chi connectivity index (χ2n) is 5.22. The highest BCUT2D eigenvalue weighted by molar-refractivity contribution is 5.88. The predicted molar refractivity (Wildman–Crippen MR) is 94.9 cm³/mol. The van der Waals surface area contributed by atoms with Crippen molar-refractivity contribution in [1.29, 1.82) is 0 Å². The molecule has 0 saturated heterocycles. The maximum atomic E-state index is 13.4. The molecule has 2 N–H and O–H groups in total. The summed E-state index contributed by atoms with van der Waals surface area (Å²) in [4.78, 5) is 12.4. The van der Waals surface area contributed by atoms with Crippen molar-refractivity contribution in [2.75, 3.05) is 0 Å². The first-order valence-corrected chi connectivity index (χ1v) is 7.54. The Morgan fingerprint density at radius 2 is 1.35 bits per heavy atom. The quantitative estimate of drug-likeness (QED) is 0.688. The third-order valence-corrected chi connectivity index (χ3v) is 3.47. The van der Waals surface area contributed by atoms with Crippen molar-refractivity contribution < 1.29 is 19.0 Å². The van der Waals surface area contributed by atoms with Crippen molar-refractivity contribution in [3.8, 4) is 11.5 Å². The van der Waals surface area contributed by atoms with Gasteiger partial charge in [0.15, 0.2) is 29.0 Å². The molecule has 7 heteroatoms. The molecule has 0 atom stereocenters. The van der Waals surface area contributed by atoms with Crippen LogP contribution in [0.5, 0.6) is 11.5 Å². The van der Waals surface area contributed by atoms with E-state index in [1.807, 2.05) is 0 Å². The van der Waals surface area contributed by atoms with Crippen LogP contribution in [0.1, 0.15) is 11.1 Å². The van der Waals surface area contributed by atoms with Crippen LogP contribution in [0.25, 0.3) is 0 Å². The zero-order valence-corrected chi connectivity index (χ0v) is 13.3. The minimum atomic E-state index is -0.755. The van der Waals surface area contributed by atoms with Gasteiger partial charge < -0.3 is 10.2 Å². The molecule has 0 radical (unpaired) electrons. The molecule has 0 spiro atoms. The van der Waals surface area contributed by atoms with E-state index in [9.17, 15) is 19.0 Å². The molecule has 0 unspecified atom stereocenters. The Hall–Kier alpha value is -3.61. The molecule has 1 aromatic heterocycles. The van der Waals surface area contributed by atoms with Crippen LogP contribution < -0.4 is 0 Å². The maximum absolute atomic E-state index is 13.4. The van der Waals surface area contributed by atoms with Crippen LogP contribution >= 0.6 is 0 Å².